The van der Waals surface area contributed by atoms with E-state index in [9.17, 15) is 13.6 Å². The van der Waals surface area contributed by atoms with Gasteiger partial charge in [-0.2, -0.15) is 8.78 Å². The molecule has 0 aromatic heterocycles. The first-order valence-corrected chi connectivity index (χ1v) is 9.32. The number of halogens is 2. The number of carbonyl (C=O) groups is 1. The van der Waals surface area contributed by atoms with Crippen LogP contribution in [0.4, 0.5) is 8.78 Å². The lowest BCUT2D eigenvalue weighted by Crippen LogP contribution is -2.55. The van der Waals surface area contributed by atoms with E-state index in [1.165, 1.54) is 12.1 Å². The molecule has 1 aliphatic rings. The van der Waals surface area contributed by atoms with Crippen LogP contribution in [0.5, 0.6) is 11.5 Å². The molecule has 1 heterocycles. The van der Waals surface area contributed by atoms with Crippen molar-refractivity contribution in [2.45, 2.75) is 32.9 Å². The monoisotopic (exact) mass is 398 g/mol. The molecule has 0 spiro atoms. The number of nitrogens with zero attached hydrogens (tertiary/aromatic N) is 1. The van der Waals surface area contributed by atoms with Gasteiger partial charge in [0.1, 0.15) is 0 Å². The van der Waals surface area contributed by atoms with E-state index in [1.807, 2.05) is 0 Å². The molecule has 0 atom stereocenters. The molecule has 0 aliphatic carbocycles. The Bertz CT molecular complexity index is 674. The number of alkyl halides is 2. The fourth-order valence-corrected chi connectivity index (χ4v) is 2.90. The first-order chi connectivity index (χ1) is 13.3. The number of carbonyl (C=O) groups excluding carboxylic acids is 1. The summed E-state index contributed by atoms with van der Waals surface area (Å²) in [6, 6.07) is 4.54. The van der Waals surface area contributed by atoms with Crippen molar-refractivity contribution in [1.82, 2.24) is 10.2 Å². The number of amides is 1. The van der Waals surface area contributed by atoms with Gasteiger partial charge >= 0.3 is 6.61 Å². The Labute approximate surface area is 164 Å². The number of nitrogens with one attached hydrogen (secondary N) is 1. The molecule has 0 bridgehead atoms. The van der Waals surface area contributed by atoms with E-state index in [4.69, 9.17) is 9.47 Å². The SMILES string of the molecule is CCOc1cc(/C=C/C(=O)NCC(C)(C)N2CCOCC2)ccc1OC(F)F. The summed E-state index contributed by atoms with van der Waals surface area (Å²) >= 11 is 0. The minimum absolute atomic E-state index is 0.0364. The van der Waals surface area contributed by atoms with Crippen molar-refractivity contribution in [3.8, 4) is 11.5 Å². The standard InChI is InChI=1S/C20H28F2N2O4/c1-4-27-17-13-15(5-7-16(17)28-19(21)22)6-8-18(25)23-14-20(2,3)24-9-11-26-12-10-24/h5-8,13,19H,4,9-12,14H2,1-3H3,(H,23,25)/b8-6+. The quantitative estimate of drug-likeness (QED) is 0.648. The molecule has 1 amide bonds. The van der Waals surface area contributed by atoms with Gasteiger partial charge in [0, 0.05) is 31.2 Å². The van der Waals surface area contributed by atoms with Crippen LogP contribution in [-0.2, 0) is 9.53 Å². The summed E-state index contributed by atoms with van der Waals surface area (Å²) in [5.74, 6) is -0.0586. The first kappa shape index (κ1) is 22.1. The largest absolute Gasteiger partial charge is 0.490 e. The number of benzene rings is 1. The van der Waals surface area contributed by atoms with Crippen molar-refractivity contribution in [2.24, 2.45) is 0 Å². The van der Waals surface area contributed by atoms with E-state index in [1.54, 1.807) is 25.1 Å². The van der Waals surface area contributed by atoms with Crippen LogP contribution in [0.15, 0.2) is 24.3 Å². The van der Waals surface area contributed by atoms with Crippen LogP contribution in [0, 0.1) is 0 Å². The second-order valence-electron chi connectivity index (χ2n) is 6.98. The van der Waals surface area contributed by atoms with Gasteiger partial charge in [0.15, 0.2) is 11.5 Å². The highest BCUT2D eigenvalue weighted by Crippen LogP contribution is 2.30. The lowest BCUT2D eigenvalue weighted by molar-refractivity contribution is -0.117. The van der Waals surface area contributed by atoms with Gasteiger partial charge in [0.2, 0.25) is 5.91 Å². The van der Waals surface area contributed by atoms with Crippen molar-refractivity contribution in [1.29, 1.82) is 0 Å². The molecule has 156 valence electrons. The number of morpholine rings is 1. The minimum Gasteiger partial charge on any atom is -0.490 e. The Balaban J connectivity index is 1.94. The maximum Gasteiger partial charge on any atom is 0.387 e. The molecule has 1 saturated heterocycles. The summed E-state index contributed by atoms with van der Waals surface area (Å²) in [6.45, 7) is 6.87. The molecule has 1 aliphatic heterocycles. The second-order valence-corrected chi connectivity index (χ2v) is 6.98. The summed E-state index contributed by atoms with van der Waals surface area (Å²) < 4.78 is 40.0. The average molecular weight is 398 g/mol. The molecule has 1 aromatic rings. The molecule has 1 aromatic carbocycles. The van der Waals surface area contributed by atoms with E-state index in [0.29, 0.717) is 31.9 Å². The van der Waals surface area contributed by atoms with Gasteiger partial charge in [-0.25, -0.2) is 0 Å². The minimum atomic E-state index is -2.93. The van der Waals surface area contributed by atoms with E-state index in [-0.39, 0.29) is 22.9 Å². The predicted molar refractivity (Wildman–Crippen MR) is 103 cm³/mol. The van der Waals surface area contributed by atoms with Crippen LogP contribution in [0.25, 0.3) is 6.08 Å². The lowest BCUT2D eigenvalue weighted by atomic mass is 10.0. The van der Waals surface area contributed by atoms with Gasteiger partial charge in [0.25, 0.3) is 0 Å². The molecular formula is C20H28F2N2O4. The summed E-state index contributed by atoms with van der Waals surface area (Å²) in [7, 11) is 0. The number of hydrogen-bond acceptors (Lipinski definition) is 5. The molecule has 1 N–H and O–H groups in total. The smallest absolute Gasteiger partial charge is 0.387 e. The number of ether oxygens (including phenoxy) is 3. The molecule has 0 saturated carbocycles. The van der Waals surface area contributed by atoms with Crippen LogP contribution in [-0.4, -0.2) is 62.4 Å². The van der Waals surface area contributed by atoms with Crippen LogP contribution in [0.1, 0.15) is 26.3 Å². The Morgan fingerprint density at radius 1 is 1.32 bits per heavy atom. The summed E-state index contributed by atoms with van der Waals surface area (Å²) in [4.78, 5) is 14.5. The Morgan fingerprint density at radius 3 is 2.68 bits per heavy atom. The molecule has 8 heteroatoms. The number of rotatable bonds is 9. The Kier molecular flexibility index (Phi) is 8.19. The Morgan fingerprint density at radius 2 is 2.04 bits per heavy atom. The van der Waals surface area contributed by atoms with Gasteiger partial charge in [-0.1, -0.05) is 6.07 Å². The third-order valence-corrected chi connectivity index (χ3v) is 4.47. The van der Waals surface area contributed by atoms with E-state index < -0.39 is 6.61 Å². The molecular weight excluding hydrogens is 370 g/mol. The molecule has 1 fully saturated rings. The highest BCUT2D eigenvalue weighted by atomic mass is 19.3. The van der Waals surface area contributed by atoms with Gasteiger partial charge in [0.05, 0.1) is 19.8 Å². The zero-order valence-electron chi connectivity index (χ0n) is 16.5. The first-order valence-electron chi connectivity index (χ1n) is 9.32. The fourth-order valence-electron chi connectivity index (χ4n) is 2.90. The van der Waals surface area contributed by atoms with Crippen molar-refractivity contribution < 1.29 is 27.8 Å². The summed E-state index contributed by atoms with van der Waals surface area (Å²) in [5.41, 5.74) is 0.469. The number of hydrogen-bond donors (Lipinski definition) is 1. The zero-order chi connectivity index (χ0) is 20.6. The molecule has 2 rings (SSSR count). The van der Waals surface area contributed by atoms with Crippen molar-refractivity contribution in [3.63, 3.8) is 0 Å². The Hall–Kier alpha value is -2.19. The predicted octanol–water partition coefficient (Wildman–Crippen LogP) is 2.93. The summed E-state index contributed by atoms with van der Waals surface area (Å²) in [6.07, 6.45) is 3.01. The molecule has 28 heavy (non-hydrogen) atoms. The molecule has 0 unspecified atom stereocenters. The van der Waals surface area contributed by atoms with E-state index in [0.717, 1.165) is 13.1 Å². The highest BCUT2D eigenvalue weighted by Gasteiger charge is 2.28. The summed E-state index contributed by atoms with van der Waals surface area (Å²) in [5, 5.41) is 2.90. The van der Waals surface area contributed by atoms with Crippen molar-refractivity contribution in [3.05, 3.63) is 29.8 Å². The molecule has 0 radical (unpaired) electrons. The van der Waals surface area contributed by atoms with Crippen molar-refractivity contribution >= 4 is 12.0 Å². The second kappa shape index (κ2) is 10.4. The van der Waals surface area contributed by atoms with E-state index in [2.05, 4.69) is 28.8 Å². The van der Waals surface area contributed by atoms with Gasteiger partial charge in [-0.3, -0.25) is 9.69 Å². The lowest BCUT2D eigenvalue weighted by Gasteiger charge is -2.40. The topological polar surface area (TPSA) is 60.0 Å². The third kappa shape index (κ3) is 6.76. The van der Waals surface area contributed by atoms with Crippen LogP contribution in [0.3, 0.4) is 0 Å². The highest BCUT2D eigenvalue weighted by molar-refractivity contribution is 5.91. The fraction of sp³-hybridized carbons (Fsp3) is 0.550. The van der Waals surface area contributed by atoms with Gasteiger partial charge < -0.3 is 19.5 Å². The average Bonchev–Trinajstić information content (AvgIpc) is 2.67. The van der Waals surface area contributed by atoms with Gasteiger partial charge in [-0.05, 0) is 44.5 Å². The maximum absolute atomic E-state index is 12.5. The van der Waals surface area contributed by atoms with Crippen LogP contribution in [0.2, 0.25) is 0 Å². The maximum atomic E-state index is 12.5. The van der Waals surface area contributed by atoms with Crippen molar-refractivity contribution in [2.75, 3.05) is 39.5 Å². The zero-order valence-corrected chi connectivity index (χ0v) is 16.5. The third-order valence-electron chi connectivity index (χ3n) is 4.47. The van der Waals surface area contributed by atoms with Crippen LogP contribution < -0.4 is 14.8 Å². The van der Waals surface area contributed by atoms with Crippen LogP contribution >= 0.6 is 0 Å². The normalized spacial score (nSPS) is 15.8. The van der Waals surface area contributed by atoms with Gasteiger partial charge in [-0.15, -0.1) is 0 Å². The van der Waals surface area contributed by atoms with E-state index >= 15 is 0 Å². The molecule has 6 nitrogen and oxygen atoms in total.